The van der Waals surface area contributed by atoms with Gasteiger partial charge in [-0.3, -0.25) is 0 Å². The highest BCUT2D eigenvalue weighted by Crippen LogP contribution is 2.53. The van der Waals surface area contributed by atoms with E-state index in [4.69, 9.17) is 0 Å². The molecule has 3 nitrogen and oxygen atoms in total. The van der Waals surface area contributed by atoms with E-state index in [-0.39, 0.29) is 5.75 Å². The first-order chi connectivity index (χ1) is 9.98. The minimum atomic E-state index is -3.22. The largest absolute Gasteiger partial charge is 0.385 e. The van der Waals surface area contributed by atoms with Crippen molar-refractivity contribution >= 4 is 9.84 Å². The lowest BCUT2D eigenvalue weighted by atomic mass is 9.76. The van der Waals surface area contributed by atoms with Crippen molar-refractivity contribution in [2.24, 2.45) is 17.8 Å². The Hall–Kier alpha value is -0.870. The molecule has 1 N–H and O–H groups in total. The molecule has 2 bridgehead atoms. The quantitative estimate of drug-likeness (QED) is 0.914. The maximum absolute atomic E-state index is 12.2. The average molecular weight is 306 g/mol. The second-order valence-corrected chi connectivity index (χ2v) is 9.31. The van der Waals surface area contributed by atoms with Crippen LogP contribution in [0.3, 0.4) is 0 Å². The Balaban J connectivity index is 1.68. The van der Waals surface area contributed by atoms with Crippen LogP contribution in [0.25, 0.3) is 0 Å². The molecule has 1 aromatic carbocycles. The smallest absolute Gasteiger partial charge is 0.178 e. The summed E-state index contributed by atoms with van der Waals surface area (Å²) in [6, 6.07) is 7.04. The van der Waals surface area contributed by atoms with Gasteiger partial charge in [0.05, 0.1) is 16.2 Å². The van der Waals surface area contributed by atoms with Crippen molar-refractivity contribution in [2.75, 3.05) is 5.75 Å². The van der Waals surface area contributed by atoms with Crippen LogP contribution in [0.15, 0.2) is 29.2 Å². The van der Waals surface area contributed by atoms with Crippen molar-refractivity contribution in [3.05, 3.63) is 29.8 Å². The van der Waals surface area contributed by atoms with E-state index in [1.165, 1.54) is 25.7 Å². The van der Waals surface area contributed by atoms with Gasteiger partial charge in [-0.05, 0) is 55.9 Å². The number of hydrogen-bond acceptors (Lipinski definition) is 3. The van der Waals surface area contributed by atoms with Crippen LogP contribution in [-0.4, -0.2) is 19.3 Å². The van der Waals surface area contributed by atoms with Crippen molar-refractivity contribution in [1.29, 1.82) is 0 Å². The number of benzene rings is 1. The minimum absolute atomic E-state index is 0.0708. The number of sulfone groups is 1. The van der Waals surface area contributed by atoms with Gasteiger partial charge in [0.2, 0.25) is 0 Å². The molecule has 1 heterocycles. The molecule has 0 radical (unpaired) electrons. The van der Waals surface area contributed by atoms with E-state index in [0.717, 1.165) is 18.3 Å². The van der Waals surface area contributed by atoms with Crippen molar-refractivity contribution in [3.8, 4) is 0 Å². The molecule has 1 aromatic rings. The number of rotatable bonds is 2. The predicted octanol–water partition coefficient (Wildman–Crippen LogP) is 2.88. The molecule has 21 heavy (non-hydrogen) atoms. The average Bonchev–Trinajstić information content (AvgIpc) is 3.07. The van der Waals surface area contributed by atoms with E-state index >= 15 is 0 Å². The van der Waals surface area contributed by atoms with Gasteiger partial charge in [-0.2, -0.15) is 0 Å². The highest BCUT2D eigenvalue weighted by molar-refractivity contribution is 7.91. The van der Waals surface area contributed by atoms with Crippen molar-refractivity contribution in [3.63, 3.8) is 0 Å². The number of fused-ring (bicyclic) bond motifs is 3. The monoisotopic (exact) mass is 306 g/mol. The summed E-state index contributed by atoms with van der Waals surface area (Å²) in [4.78, 5) is 0.349. The van der Waals surface area contributed by atoms with Crippen LogP contribution in [0.2, 0.25) is 0 Å². The first kappa shape index (κ1) is 13.8. The van der Waals surface area contributed by atoms with E-state index in [1.54, 1.807) is 18.2 Å². The van der Waals surface area contributed by atoms with E-state index in [0.29, 0.717) is 22.8 Å². The summed E-state index contributed by atoms with van der Waals surface area (Å²) in [5, 5.41) is 11.2. The Morgan fingerprint density at radius 3 is 2.71 bits per heavy atom. The van der Waals surface area contributed by atoms with Gasteiger partial charge in [-0.25, -0.2) is 8.42 Å². The normalized spacial score (nSPS) is 40.1. The molecule has 0 aromatic heterocycles. The maximum Gasteiger partial charge on any atom is 0.178 e. The van der Waals surface area contributed by atoms with Gasteiger partial charge in [0.25, 0.3) is 0 Å². The SMILES string of the molecule is O=S1(=O)CCC(O)(CC2CC3CCC2C3)c2ccccc21. The van der Waals surface area contributed by atoms with Crippen LogP contribution >= 0.6 is 0 Å². The Morgan fingerprint density at radius 2 is 2.00 bits per heavy atom. The second-order valence-electron chi connectivity index (χ2n) is 7.24. The predicted molar refractivity (Wildman–Crippen MR) is 80.6 cm³/mol. The van der Waals surface area contributed by atoms with Crippen LogP contribution in [0.5, 0.6) is 0 Å². The summed E-state index contributed by atoms with van der Waals surface area (Å²) in [5.41, 5.74) is -0.309. The van der Waals surface area contributed by atoms with Crippen molar-refractivity contribution in [1.82, 2.24) is 0 Å². The molecular weight excluding hydrogens is 284 g/mol. The zero-order chi connectivity index (χ0) is 14.7. The van der Waals surface area contributed by atoms with Crippen LogP contribution in [0.1, 0.15) is 44.1 Å². The van der Waals surface area contributed by atoms with Crippen LogP contribution in [0.4, 0.5) is 0 Å². The fourth-order valence-corrected chi connectivity index (χ4v) is 6.65. The molecule has 2 fully saturated rings. The molecule has 4 atom stereocenters. The summed E-state index contributed by atoms with van der Waals surface area (Å²) in [6.45, 7) is 0. The van der Waals surface area contributed by atoms with E-state index in [9.17, 15) is 13.5 Å². The van der Waals surface area contributed by atoms with E-state index in [2.05, 4.69) is 0 Å². The zero-order valence-corrected chi connectivity index (χ0v) is 13.0. The van der Waals surface area contributed by atoms with E-state index < -0.39 is 15.4 Å². The Morgan fingerprint density at radius 1 is 1.19 bits per heavy atom. The van der Waals surface area contributed by atoms with Gasteiger partial charge in [-0.1, -0.05) is 24.6 Å². The van der Waals surface area contributed by atoms with Crippen LogP contribution in [-0.2, 0) is 15.4 Å². The first-order valence-electron chi connectivity index (χ1n) is 8.03. The lowest BCUT2D eigenvalue weighted by molar-refractivity contribution is -0.00511. The number of aliphatic hydroxyl groups is 1. The van der Waals surface area contributed by atoms with Gasteiger partial charge in [-0.15, -0.1) is 0 Å². The summed E-state index contributed by atoms with van der Waals surface area (Å²) < 4.78 is 24.4. The summed E-state index contributed by atoms with van der Waals surface area (Å²) in [6.07, 6.45) is 6.28. The third-order valence-electron chi connectivity index (χ3n) is 5.99. The highest BCUT2D eigenvalue weighted by Gasteiger charge is 2.47. The van der Waals surface area contributed by atoms with Gasteiger partial charge in [0, 0.05) is 5.56 Å². The molecule has 0 amide bonds. The van der Waals surface area contributed by atoms with Gasteiger partial charge in [0.1, 0.15) is 0 Å². The molecule has 4 unspecified atom stereocenters. The first-order valence-corrected chi connectivity index (χ1v) is 9.68. The van der Waals surface area contributed by atoms with Crippen LogP contribution in [0, 0.1) is 17.8 Å². The topological polar surface area (TPSA) is 54.4 Å². The lowest BCUT2D eigenvalue weighted by Gasteiger charge is -2.38. The number of hydrogen-bond donors (Lipinski definition) is 1. The molecule has 2 aliphatic carbocycles. The van der Waals surface area contributed by atoms with Crippen molar-refractivity contribution < 1.29 is 13.5 Å². The molecule has 4 rings (SSSR count). The molecule has 1 aliphatic heterocycles. The third kappa shape index (κ3) is 2.15. The van der Waals surface area contributed by atoms with Gasteiger partial charge < -0.3 is 5.11 Å². The molecule has 4 heteroatoms. The Kier molecular flexibility index (Phi) is 2.99. The fraction of sp³-hybridized carbons (Fsp3) is 0.647. The summed E-state index contributed by atoms with van der Waals surface area (Å²) >= 11 is 0. The van der Waals surface area contributed by atoms with Gasteiger partial charge in [0.15, 0.2) is 9.84 Å². The van der Waals surface area contributed by atoms with Crippen LogP contribution < -0.4 is 0 Å². The molecule has 3 aliphatic rings. The summed E-state index contributed by atoms with van der Waals surface area (Å²) in [5.74, 6) is 2.25. The zero-order valence-electron chi connectivity index (χ0n) is 12.2. The second kappa shape index (κ2) is 4.56. The molecule has 0 spiro atoms. The fourth-order valence-electron chi connectivity index (χ4n) is 4.94. The molecule has 0 saturated heterocycles. The highest BCUT2D eigenvalue weighted by atomic mass is 32.2. The van der Waals surface area contributed by atoms with E-state index in [1.807, 2.05) is 6.07 Å². The Labute approximate surface area is 126 Å². The third-order valence-corrected chi connectivity index (χ3v) is 7.76. The molecule has 114 valence electrons. The lowest BCUT2D eigenvalue weighted by Crippen LogP contribution is -2.37. The maximum atomic E-state index is 12.2. The minimum Gasteiger partial charge on any atom is -0.385 e. The van der Waals surface area contributed by atoms with Gasteiger partial charge >= 0.3 is 0 Å². The van der Waals surface area contributed by atoms with Crippen molar-refractivity contribution in [2.45, 2.75) is 49.0 Å². The standard InChI is InChI=1S/C17H22O3S/c18-17(11-14-10-12-5-6-13(14)9-12)7-8-21(19,20)16-4-2-1-3-15(16)17/h1-4,12-14,18H,5-11H2. The Bertz CT molecular complexity index is 666. The molecule has 2 saturated carbocycles. The molecular formula is C17H22O3S. The summed E-state index contributed by atoms with van der Waals surface area (Å²) in [7, 11) is -3.22.